The number of rotatable bonds is 6. The fourth-order valence-corrected chi connectivity index (χ4v) is 4.03. The van der Waals surface area contributed by atoms with Gasteiger partial charge in [-0.2, -0.15) is 0 Å². The molecule has 1 rings (SSSR count). The molecule has 0 bridgehead atoms. The van der Waals surface area contributed by atoms with Crippen LogP contribution in [-0.2, 0) is 13.6 Å². The molecule has 0 N–H and O–H groups in total. The van der Waals surface area contributed by atoms with Crippen molar-refractivity contribution in [3.05, 3.63) is 11.1 Å². The van der Waals surface area contributed by atoms with Gasteiger partial charge in [-0.3, -0.25) is 4.57 Å². The van der Waals surface area contributed by atoms with Gasteiger partial charge in [0.05, 0.1) is 19.4 Å². The van der Waals surface area contributed by atoms with Crippen LogP contribution in [0.4, 0.5) is 0 Å². The molecule has 0 fully saturated rings. The Hall–Kier alpha value is -0.110. The minimum absolute atomic E-state index is 0.448. The van der Waals surface area contributed by atoms with E-state index in [0.717, 1.165) is 12.8 Å². The first-order chi connectivity index (χ1) is 7.61. The summed E-state index contributed by atoms with van der Waals surface area (Å²) < 4.78 is 23.0. The Bertz CT molecular complexity index is 287. The van der Waals surface area contributed by atoms with Gasteiger partial charge in [0.25, 0.3) is 0 Å². The monoisotopic (exact) mass is 246 g/mol. The average molecular weight is 246 g/mol. The van der Waals surface area contributed by atoms with Gasteiger partial charge in [-0.25, -0.2) is 0 Å². The van der Waals surface area contributed by atoms with Crippen molar-refractivity contribution in [1.29, 1.82) is 0 Å². The van der Waals surface area contributed by atoms with Gasteiger partial charge in [-0.15, -0.1) is 0 Å². The fourth-order valence-electron chi connectivity index (χ4n) is 2.09. The van der Waals surface area contributed by atoms with E-state index in [0.29, 0.717) is 19.4 Å². The molecule has 4 heteroatoms. The summed E-state index contributed by atoms with van der Waals surface area (Å²) in [4.78, 5) is 0. The zero-order chi connectivity index (χ0) is 12.0. The van der Waals surface area contributed by atoms with Crippen molar-refractivity contribution >= 4 is 7.60 Å². The zero-order valence-corrected chi connectivity index (χ0v) is 11.5. The molecule has 0 atom stereocenters. The molecule has 3 nitrogen and oxygen atoms in total. The molecule has 0 saturated carbocycles. The van der Waals surface area contributed by atoms with E-state index in [1.807, 2.05) is 13.8 Å². The second-order valence-electron chi connectivity index (χ2n) is 4.20. The lowest BCUT2D eigenvalue weighted by molar-refractivity contribution is 0.221. The largest absolute Gasteiger partial charge is 0.334 e. The molecule has 0 aromatic rings. The first-order valence-corrected chi connectivity index (χ1v) is 7.89. The summed E-state index contributed by atoms with van der Waals surface area (Å²) in [6.45, 7) is 6.74. The van der Waals surface area contributed by atoms with Crippen LogP contribution in [0, 0.1) is 0 Å². The van der Waals surface area contributed by atoms with E-state index in [1.165, 1.54) is 24.0 Å². The third-order valence-corrected chi connectivity index (χ3v) is 4.99. The highest BCUT2D eigenvalue weighted by Crippen LogP contribution is 2.51. The maximum atomic E-state index is 12.3. The number of hydrogen-bond acceptors (Lipinski definition) is 3. The van der Waals surface area contributed by atoms with E-state index in [2.05, 4.69) is 6.92 Å². The second-order valence-corrected chi connectivity index (χ2v) is 6.25. The van der Waals surface area contributed by atoms with Gasteiger partial charge >= 0.3 is 7.60 Å². The van der Waals surface area contributed by atoms with Crippen molar-refractivity contribution in [2.24, 2.45) is 0 Å². The van der Waals surface area contributed by atoms with Crippen molar-refractivity contribution in [3.8, 4) is 0 Å². The van der Waals surface area contributed by atoms with Crippen LogP contribution in [0.5, 0.6) is 0 Å². The highest BCUT2D eigenvalue weighted by Gasteiger charge is 2.26. The van der Waals surface area contributed by atoms with E-state index >= 15 is 0 Å². The fraction of sp³-hybridized carbons (Fsp3) is 0.833. The van der Waals surface area contributed by atoms with E-state index in [-0.39, 0.29) is 0 Å². The van der Waals surface area contributed by atoms with Crippen LogP contribution in [0.15, 0.2) is 11.1 Å². The van der Waals surface area contributed by atoms with Crippen molar-refractivity contribution in [2.45, 2.75) is 46.5 Å². The third-order valence-electron chi connectivity index (χ3n) is 2.92. The molecule has 0 aromatic carbocycles. The molecule has 0 unspecified atom stereocenters. The number of hydrogen-bond donors (Lipinski definition) is 0. The van der Waals surface area contributed by atoms with Gasteiger partial charge in [-0.05, 0) is 46.5 Å². The number of allylic oxidation sites excluding steroid dienone is 2. The lowest BCUT2D eigenvalue weighted by Crippen LogP contribution is -2.07. The maximum absolute atomic E-state index is 12.3. The topological polar surface area (TPSA) is 35.5 Å². The molecule has 16 heavy (non-hydrogen) atoms. The summed E-state index contributed by atoms with van der Waals surface area (Å²) in [5.41, 5.74) is 2.67. The van der Waals surface area contributed by atoms with Crippen LogP contribution in [0.2, 0.25) is 0 Å². The first-order valence-electron chi connectivity index (χ1n) is 6.17. The van der Waals surface area contributed by atoms with Crippen LogP contribution in [0.25, 0.3) is 0 Å². The Labute approximate surface area is 98.7 Å². The predicted molar refractivity (Wildman–Crippen MR) is 66.9 cm³/mol. The normalized spacial score (nSPS) is 17.9. The highest BCUT2D eigenvalue weighted by atomic mass is 31.2. The molecule has 0 aliphatic heterocycles. The van der Waals surface area contributed by atoms with Crippen LogP contribution in [0.3, 0.4) is 0 Å². The summed E-state index contributed by atoms with van der Waals surface area (Å²) in [5.74, 6) is 0. The highest BCUT2D eigenvalue weighted by molar-refractivity contribution is 7.54. The molecule has 94 valence electrons. The summed E-state index contributed by atoms with van der Waals surface area (Å²) in [5, 5.41) is 0. The summed E-state index contributed by atoms with van der Waals surface area (Å²) >= 11 is 0. The van der Waals surface area contributed by atoms with Crippen molar-refractivity contribution in [3.63, 3.8) is 0 Å². The molecular weight excluding hydrogens is 223 g/mol. The van der Waals surface area contributed by atoms with Gasteiger partial charge in [0.15, 0.2) is 0 Å². The van der Waals surface area contributed by atoms with Crippen molar-refractivity contribution in [2.75, 3.05) is 19.4 Å². The predicted octanol–water partition coefficient (Wildman–Crippen LogP) is 4.14. The Kier molecular flexibility index (Phi) is 5.74. The lowest BCUT2D eigenvalue weighted by atomic mass is 9.94. The zero-order valence-electron chi connectivity index (χ0n) is 10.6. The standard InChI is InChI=1S/C12H23O3P/c1-4-14-16(13,15-5-2)10-12-9-7-6-8-11(12)3/h4-10H2,1-3H3. The van der Waals surface area contributed by atoms with Gasteiger partial charge in [0.1, 0.15) is 0 Å². The lowest BCUT2D eigenvalue weighted by Gasteiger charge is -2.22. The van der Waals surface area contributed by atoms with Crippen molar-refractivity contribution < 1.29 is 13.6 Å². The molecular formula is C12H23O3P. The minimum Gasteiger partial charge on any atom is -0.309 e. The quantitative estimate of drug-likeness (QED) is 0.522. The van der Waals surface area contributed by atoms with E-state index in [4.69, 9.17) is 9.05 Å². The van der Waals surface area contributed by atoms with Gasteiger partial charge in [0, 0.05) is 0 Å². The van der Waals surface area contributed by atoms with Crippen molar-refractivity contribution in [1.82, 2.24) is 0 Å². The van der Waals surface area contributed by atoms with E-state index in [9.17, 15) is 4.57 Å². The minimum atomic E-state index is -2.88. The van der Waals surface area contributed by atoms with E-state index < -0.39 is 7.60 Å². The molecule has 0 spiro atoms. The first kappa shape index (κ1) is 14.0. The second kappa shape index (κ2) is 6.58. The molecule has 0 radical (unpaired) electrons. The van der Waals surface area contributed by atoms with Crippen LogP contribution >= 0.6 is 7.60 Å². The van der Waals surface area contributed by atoms with Gasteiger partial charge in [-0.1, -0.05) is 11.1 Å². The van der Waals surface area contributed by atoms with Crippen LogP contribution < -0.4 is 0 Å². The maximum Gasteiger partial charge on any atom is 0.334 e. The molecule has 0 amide bonds. The van der Waals surface area contributed by atoms with E-state index in [1.54, 1.807) is 0 Å². The molecule has 0 saturated heterocycles. The summed E-state index contributed by atoms with van der Waals surface area (Å²) in [6, 6.07) is 0. The SMILES string of the molecule is CCOP(=O)(CC1=C(C)CCCC1)OCC. The molecule has 0 aromatic heterocycles. The third kappa shape index (κ3) is 4.04. The molecule has 1 aliphatic rings. The van der Waals surface area contributed by atoms with Gasteiger partial charge < -0.3 is 9.05 Å². The molecule has 0 heterocycles. The summed E-state index contributed by atoms with van der Waals surface area (Å²) in [7, 11) is -2.88. The summed E-state index contributed by atoms with van der Waals surface area (Å²) in [6.07, 6.45) is 5.12. The van der Waals surface area contributed by atoms with Crippen LogP contribution in [-0.4, -0.2) is 19.4 Å². The smallest absolute Gasteiger partial charge is 0.309 e. The van der Waals surface area contributed by atoms with Crippen LogP contribution in [0.1, 0.15) is 46.5 Å². The Morgan fingerprint density at radius 2 is 1.69 bits per heavy atom. The Morgan fingerprint density at radius 1 is 1.12 bits per heavy atom. The Balaban J connectivity index is 2.70. The van der Waals surface area contributed by atoms with Gasteiger partial charge in [0.2, 0.25) is 0 Å². The molecule has 1 aliphatic carbocycles. The average Bonchev–Trinajstić information content (AvgIpc) is 2.22. The Morgan fingerprint density at radius 3 is 2.19 bits per heavy atom.